The molecule has 0 aliphatic heterocycles. The van der Waals surface area contributed by atoms with Crippen molar-refractivity contribution in [3.05, 3.63) is 26.7 Å². The van der Waals surface area contributed by atoms with Gasteiger partial charge >= 0.3 is 5.69 Å². The van der Waals surface area contributed by atoms with Crippen LogP contribution in [0.3, 0.4) is 0 Å². The summed E-state index contributed by atoms with van der Waals surface area (Å²) >= 11 is 0. The van der Waals surface area contributed by atoms with Gasteiger partial charge in [-0.15, -0.1) is 0 Å². The summed E-state index contributed by atoms with van der Waals surface area (Å²) in [4.78, 5) is 29.2. The first-order valence-corrected chi connectivity index (χ1v) is 7.40. The zero-order chi connectivity index (χ0) is 15.7. The molecule has 0 saturated heterocycles. The van der Waals surface area contributed by atoms with Gasteiger partial charge in [0.15, 0.2) is 11.2 Å². The Labute approximate surface area is 123 Å². The van der Waals surface area contributed by atoms with Crippen molar-refractivity contribution in [1.29, 1.82) is 0 Å². The Hall–Kier alpha value is -1.89. The van der Waals surface area contributed by atoms with Gasteiger partial charge in [-0.3, -0.25) is 13.9 Å². The van der Waals surface area contributed by atoms with Crippen LogP contribution in [0.2, 0.25) is 0 Å². The monoisotopic (exact) mass is 293 g/mol. The van der Waals surface area contributed by atoms with E-state index in [9.17, 15) is 9.59 Å². The number of nitrogens with zero attached hydrogens (tertiary/aromatic N) is 4. The number of hydrogen-bond donors (Lipinski definition) is 1. The maximum Gasteiger partial charge on any atom is 0.332 e. The first-order valence-electron chi connectivity index (χ1n) is 7.40. The van der Waals surface area contributed by atoms with Crippen molar-refractivity contribution in [2.24, 2.45) is 12.8 Å². The fraction of sp³-hybridized carbons (Fsp3) is 0.643. The van der Waals surface area contributed by atoms with E-state index in [0.717, 1.165) is 16.8 Å². The second kappa shape index (κ2) is 5.85. The number of aromatic nitrogens is 4. The molecule has 2 aromatic heterocycles. The largest absolute Gasteiger partial charge is 0.332 e. The summed E-state index contributed by atoms with van der Waals surface area (Å²) in [5.41, 5.74) is 6.34. The molecule has 1 atom stereocenters. The number of rotatable bonds is 5. The second-order valence-corrected chi connectivity index (χ2v) is 5.22. The van der Waals surface area contributed by atoms with E-state index >= 15 is 0 Å². The molecule has 2 heterocycles. The molecular weight excluding hydrogens is 270 g/mol. The molecule has 1 unspecified atom stereocenters. The zero-order valence-corrected chi connectivity index (χ0v) is 13.1. The Kier molecular flexibility index (Phi) is 4.32. The van der Waals surface area contributed by atoms with E-state index in [1.807, 2.05) is 25.3 Å². The molecule has 0 bridgehead atoms. The molecular formula is C14H23N5O2. The molecule has 2 N–H and O–H groups in total. The van der Waals surface area contributed by atoms with Crippen molar-refractivity contribution in [3.63, 3.8) is 0 Å². The molecule has 0 aromatic carbocycles. The lowest BCUT2D eigenvalue weighted by molar-refractivity contribution is 0.532. The smallest absolute Gasteiger partial charge is 0.326 e. The molecule has 0 spiro atoms. The molecule has 21 heavy (non-hydrogen) atoms. The molecule has 2 aromatic rings. The lowest BCUT2D eigenvalue weighted by atomic mass is 10.2. The fourth-order valence-electron chi connectivity index (χ4n) is 2.52. The van der Waals surface area contributed by atoms with E-state index in [4.69, 9.17) is 5.73 Å². The summed E-state index contributed by atoms with van der Waals surface area (Å²) in [6.07, 6.45) is 1.50. The summed E-state index contributed by atoms with van der Waals surface area (Å²) in [5.74, 6) is 0.791. The van der Waals surface area contributed by atoms with Gasteiger partial charge in [-0.05, 0) is 13.3 Å². The quantitative estimate of drug-likeness (QED) is 0.854. The Bertz CT molecular complexity index is 768. The highest BCUT2D eigenvalue weighted by Gasteiger charge is 2.19. The van der Waals surface area contributed by atoms with Crippen LogP contribution < -0.4 is 17.0 Å². The van der Waals surface area contributed by atoms with Gasteiger partial charge in [-0.1, -0.05) is 13.8 Å². The number of hydrogen-bond acceptors (Lipinski definition) is 4. The normalized spacial score (nSPS) is 13.0. The third-order valence-corrected chi connectivity index (χ3v) is 3.88. The lowest BCUT2D eigenvalue weighted by Gasteiger charge is -2.13. The van der Waals surface area contributed by atoms with Gasteiger partial charge in [0.2, 0.25) is 0 Å². The predicted molar refractivity (Wildman–Crippen MR) is 82.6 cm³/mol. The van der Waals surface area contributed by atoms with E-state index in [-0.39, 0.29) is 17.3 Å². The lowest BCUT2D eigenvalue weighted by Crippen LogP contribution is -2.39. The fourth-order valence-corrected chi connectivity index (χ4v) is 2.52. The third kappa shape index (κ3) is 2.42. The van der Waals surface area contributed by atoms with Crippen molar-refractivity contribution in [2.45, 2.75) is 52.7 Å². The Balaban J connectivity index is 2.88. The minimum atomic E-state index is -0.331. The van der Waals surface area contributed by atoms with Gasteiger partial charge in [0.1, 0.15) is 5.82 Å². The Morgan fingerprint density at radius 2 is 1.86 bits per heavy atom. The molecule has 0 amide bonds. The molecule has 116 valence electrons. The van der Waals surface area contributed by atoms with Gasteiger partial charge in [0.05, 0.1) is 0 Å². The van der Waals surface area contributed by atoms with E-state index in [1.54, 1.807) is 0 Å². The average molecular weight is 293 g/mol. The average Bonchev–Trinajstić information content (AvgIpc) is 2.83. The first-order chi connectivity index (χ1) is 9.96. The molecule has 7 nitrogen and oxygen atoms in total. The van der Waals surface area contributed by atoms with Crippen molar-refractivity contribution >= 4 is 11.2 Å². The van der Waals surface area contributed by atoms with Crippen LogP contribution in [0.4, 0.5) is 0 Å². The zero-order valence-electron chi connectivity index (χ0n) is 13.1. The van der Waals surface area contributed by atoms with Crippen molar-refractivity contribution in [1.82, 2.24) is 18.7 Å². The molecule has 0 aliphatic carbocycles. The van der Waals surface area contributed by atoms with Crippen LogP contribution >= 0.6 is 0 Å². The van der Waals surface area contributed by atoms with Crippen LogP contribution in [0.1, 0.15) is 33.0 Å². The van der Waals surface area contributed by atoms with Crippen LogP contribution in [0.15, 0.2) is 9.59 Å². The summed E-state index contributed by atoms with van der Waals surface area (Å²) < 4.78 is 4.54. The van der Waals surface area contributed by atoms with E-state index in [1.165, 1.54) is 11.6 Å². The van der Waals surface area contributed by atoms with Crippen LogP contribution in [0, 0.1) is 0 Å². The van der Waals surface area contributed by atoms with E-state index in [0.29, 0.717) is 30.7 Å². The van der Waals surface area contributed by atoms with Gasteiger partial charge in [0.25, 0.3) is 5.56 Å². The number of fused-ring (bicyclic) bond motifs is 1. The third-order valence-electron chi connectivity index (χ3n) is 3.88. The summed E-state index contributed by atoms with van der Waals surface area (Å²) in [5, 5.41) is 0. The Morgan fingerprint density at radius 1 is 1.19 bits per heavy atom. The van der Waals surface area contributed by atoms with Crippen molar-refractivity contribution < 1.29 is 0 Å². The number of aryl methyl sites for hydroxylation is 2. The van der Waals surface area contributed by atoms with Gasteiger partial charge in [-0.25, -0.2) is 9.78 Å². The number of nitrogens with two attached hydrogens (primary N) is 1. The van der Waals surface area contributed by atoms with Crippen LogP contribution in [-0.2, 0) is 26.6 Å². The van der Waals surface area contributed by atoms with E-state index < -0.39 is 0 Å². The van der Waals surface area contributed by atoms with Crippen LogP contribution in [0.25, 0.3) is 11.2 Å². The SMILES string of the molecule is CCc1nc2c(c(=O)n(C)c(=O)n2CC)n1CC(N)CC. The summed E-state index contributed by atoms with van der Waals surface area (Å²) in [6.45, 7) is 6.87. The maximum atomic E-state index is 12.5. The van der Waals surface area contributed by atoms with Gasteiger partial charge < -0.3 is 10.3 Å². The molecule has 0 saturated carbocycles. The van der Waals surface area contributed by atoms with Crippen LogP contribution in [-0.4, -0.2) is 24.7 Å². The number of imidazole rings is 1. The molecule has 0 fully saturated rings. The van der Waals surface area contributed by atoms with Crippen LogP contribution in [0.5, 0.6) is 0 Å². The second-order valence-electron chi connectivity index (χ2n) is 5.22. The van der Waals surface area contributed by atoms with E-state index in [2.05, 4.69) is 4.98 Å². The minimum Gasteiger partial charge on any atom is -0.326 e. The predicted octanol–water partition coefficient (Wildman–Crippen LogP) is 0.216. The molecule has 0 radical (unpaired) electrons. The van der Waals surface area contributed by atoms with Gasteiger partial charge in [-0.2, -0.15) is 0 Å². The van der Waals surface area contributed by atoms with Crippen molar-refractivity contribution in [2.75, 3.05) is 0 Å². The topological polar surface area (TPSA) is 87.8 Å². The molecule has 7 heteroatoms. The highest BCUT2D eigenvalue weighted by molar-refractivity contribution is 5.71. The molecule has 0 aliphatic rings. The highest BCUT2D eigenvalue weighted by atomic mass is 16.2. The molecule has 2 rings (SSSR count). The van der Waals surface area contributed by atoms with Crippen molar-refractivity contribution in [3.8, 4) is 0 Å². The maximum absolute atomic E-state index is 12.5. The van der Waals surface area contributed by atoms with Gasteiger partial charge in [0, 0.05) is 32.6 Å². The minimum absolute atomic E-state index is 0.0422. The first kappa shape index (κ1) is 15.5. The summed E-state index contributed by atoms with van der Waals surface area (Å²) in [7, 11) is 1.50. The standard InChI is InChI=1S/C14H23N5O2/c1-5-9(15)8-19-10(6-2)16-12-11(19)13(20)17(4)14(21)18(12)7-3/h9H,5-8,15H2,1-4H3. The Morgan fingerprint density at radius 3 is 2.38 bits per heavy atom. The summed E-state index contributed by atoms with van der Waals surface area (Å²) in [6, 6.07) is -0.0422. The highest BCUT2D eigenvalue weighted by Crippen LogP contribution is 2.13.